The molecule has 2 heterocycles. The lowest BCUT2D eigenvalue weighted by atomic mass is 10.1. The highest BCUT2D eigenvalue weighted by molar-refractivity contribution is 8.13. The van der Waals surface area contributed by atoms with Gasteiger partial charge < -0.3 is 4.74 Å². The average Bonchev–Trinajstić information content (AvgIpc) is 3.18. The second kappa shape index (κ2) is 7.03. The highest BCUT2D eigenvalue weighted by Crippen LogP contribution is 2.28. The number of benzene rings is 1. The molecular weight excluding hydrogens is 328 g/mol. The van der Waals surface area contributed by atoms with Crippen LogP contribution >= 0.6 is 11.8 Å². The number of hydrogen-bond donors (Lipinski definition) is 1. The normalized spacial score (nSPS) is 20.2. The Hall–Kier alpha value is -2.37. The number of nitrogens with zero attached hydrogens (tertiary/aromatic N) is 3. The Balaban J connectivity index is 1.84. The van der Waals surface area contributed by atoms with Gasteiger partial charge in [0.1, 0.15) is 0 Å². The summed E-state index contributed by atoms with van der Waals surface area (Å²) in [6.45, 7) is 0.965. The van der Waals surface area contributed by atoms with E-state index in [1.165, 1.54) is 16.7 Å². The smallest absolute Gasteiger partial charge is 0.261 e. The maximum absolute atomic E-state index is 12.6. The van der Waals surface area contributed by atoms with Gasteiger partial charge in [-0.3, -0.25) is 19.8 Å². The molecule has 1 fully saturated rings. The van der Waals surface area contributed by atoms with Crippen molar-refractivity contribution < 1.29 is 14.3 Å². The molecule has 2 amide bonds. The first-order valence-corrected chi connectivity index (χ1v) is 8.76. The minimum Gasteiger partial charge on any atom is -0.376 e. The Bertz CT molecular complexity index is 750. The summed E-state index contributed by atoms with van der Waals surface area (Å²) in [5, 5.41) is 11.6. The van der Waals surface area contributed by atoms with Crippen LogP contribution in [-0.2, 0) is 4.74 Å². The van der Waals surface area contributed by atoms with Crippen molar-refractivity contribution in [1.29, 1.82) is 5.26 Å². The lowest BCUT2D eigenvalue weighted by Gasteiger charge is -2.17. The van der Waals surface area contributed by atoms with Gasteiger partial charge in [0, 0.05) is 6.61 Å². The molecule has 0 aliphatic carbocycles. The summed E-state index contributed by atoms with van der Waals surface area (Å²) in [5.41, 5.74) is 1.24. The largest absolute Gasteiger partial charge is 0.376 e. The molecule has 1 atom stereocenters. The number of amidine groups is 1. The van der Waals surface area contributed by atoms with E-state index in [0.29, 0.717) is 28.6 Å². The standard InChI is InChI=1S/C16H16N4O3S/c1-24-16(18-9-17)19-10-4-5-12-13(7-10)15(22)20(14(12)21)8-11-3-2-6-23-11/h4-5,7,11H,2-3,6,8H2,1H3,(H,18,19). The number of hydrogen-bond acceptors (Lipinski definition) is 6. The monoisotopic (exact) mass is 344 g/mol. The third-order valence-electron chi connectivity index (χ3n) is 3.95. The molecule has 0 radical (unpaired) electrons. The maximum Gasteiger partial charge on any atom is 0.261 e. The Morgan fingerprint density at radius 1 is 1.46 bits per heavy atom. The van der Waals surface area contributed by atoms with Crippen molar-refractivity contribution in [3.8, 4) is 6.19 Å². The molecule has 1 aromatic carbocycles. The summed E-state index contributed by atoms with van der Waals surface area (Å²) in [7, 11) is 0. The molecule has 3 rings (SSSR count). The zero-order valence-electron chi connectivity index (χ0n) is 13.1. The molecule has 8 heteroatoms. The van der Waals surface area contributed by atoms with Gasteiger partial charge in [0.15, 0.2) is 11.4 Å². The number of rotatable bonds is 3. The molecule has 2 aliphatic heterocycles. The molecule has 1 saturated heterocycles. The van der Waals surface area contributed by atoms with Gasteiger partial charge in [-0.1, -0.05) is 11.8 Å². The van der Waals surface area contributed by atoms with Crippen LogP contribution in [0.2, 0.25) is 0 Å². The van der Waals surface area contributed by atoms with Crippen LogP contribution in [0.25, 0.3) is 0 Å². The summed E-state index contributed by atoms with van der Waals surface area (Å²) < 4.78 is 5.52. The number of amides is 2. The van der Waals surface area contributed by atoms with E-state index < -0.39 is 0 Å². The van der Waals surface area contributed by atoms with Crippen molar-refractivity contribution in [2.24, 2.45) is 4.99 Å². The summed E-state index contributed by atoms with van der Waals surface area (Å²) >= 11 is 1.28. The quantitative estimate of drug-likeness (QED) is 0.296. The van der Waals surface area contributed by atoms with E-state index in [1.807, 2.05) is 6.19 Å². The summed E-state index contributed by atoms with van der Waals surface area (Å²) in [6.07, 6.45) is 5.34. The zero-order chi connectivity index (χ0) is 17.1. The molecule has 1 aromatic rings. The third kappa shape index (κ3) is 3.13. The molecule has 124 valence electrons. The fourth-order valence-electron chi connectivity index (χ4n) is 2.80. The van der Waals surface area contributed by atoms with E-state index in [1.54, 1.807) is 24.5 Å². The average molecular weight is 344 g/mol. The predicted molar refractivity (Wildman–Crippen MR) is 90.1 cm³/mol. The van der Waals surface area contributed by atoms with Crippen LogP contribution in [0.5, 0.6) is 0 Å². The van der Waals surface area contributed by atoms with Gasteiger partial charge in [-0.2, -0.15) is 5.26 Å². The minimum absolute atomic E-state index is 0.0763. The molecule has 1 unspecified atom stereocenters. The molecule has 0 saturated carbocycles. The highest BCUT2D eigenvalue weighted by Gasteiger charge is 2.37. The number of thioether (sulfide) groups is 1. The Morgan fingerprint density at radius 2 is 2.25 bits per heavy atom. The van der Waals surface area contributed by atoms with Crippen LogP contribution in [-0.4, -0.2) is 47.4 Å². The van der Waals surface area contributed by atoms with Gasteiger partial charge in [-0.25, -0.2) is 4.99 Å². The van der Waals surface area contributed by atoms with Gasteiger partial charge in [-0.05, 0) is 37.3 Å². The van der Waals surface area contributed by atoms with E-state index >= 15 is 0 Å². The third-order valence-corrected chi connectivity index (χ3v) is 4.53. The Labute approximate surface area is 143 Å². The molecule has 7 nitrogen and oxygen atoms in total. The van der Waals surface area contributed by atoms with Crippen molar-refractivity contribution in [1.82, 2.24) is 10.2 Å². The topological polar surface area (TPSA) is 94.8 Å². The van der Waals surface area contributed by atoms with E-state index in [2.05, 4.69) is 10.3 Å². The first-order valence-electron chi connectivity index (χ1n) is 7.53. The second-order valence-corrected chi connectivity index (χ2v) is 6.24. The second-order valence-electron chi connectivity index (χ2n) is 5.44. The lowest BCUT2D eigenvalue weighted by Crippen LogP contribution is -2.36. The predicted octanol–water partition coefficient (Wildman–Crippen LogP) is 1.88. The minimum atomic E-state index is -0.318. The first kappa shape index (κ1) is 16.5. The van der Waals surface area contributed by atoms with Gasteiger partial charge in [-0.15, -0.1) is 0 Å². The molecule has 0 aromatic heterocycles. The van der Waals surface area contributed by atoms with E-state index in [9.17, 15) is 9.59 Å². The number of ether oxygens (including phenoxy) is 1. The highest BCUT2D eigenvalue weighted by atomic mass is 32.2. The van der Waals surface area contributed by atoms with Crippen LogP contribution in [0.3, 0.4) is 0 Å². The molecular formula is C16H16N4O3S. The number of carbonyl (C=O) groups is 2. The van der Waals surface area contributed by atoms with Gasteiger partial charge >= 0.3 is 0 Å². The Kier molecular flexibility index (Phi) is 4.83. The Morgan fingerprint density at radius 3 is 2.92 bits per heavy atom. The number of fused-ring (bicyclic) bond motifs is 1. The lowest BCUT2D eigenvalue weighted by molar-refractivity contribution is 0.0475. The van der Waals surface area contributed by atoms with Crippen LogP contribution in [0.1, 0.15) is 33.6 Å². The molecule has 24 heavy (non-hydrogen) atoms. The fraction of sp³-hybridized carbons (Fsp3) is 0.375. The molecule has 1 N–H and O–H groups in total. The van der Waals surface area contributed by atoms with Crippen molar-refractivity contribution in [2.45, 2.75) is 18.9 Å². The molecule has 0 spiro atoms. The van der Waals surface area contributed by atoms with Crippen LogP contribution in [0.4, 0.5) is 5.69 Å². The number of carbonyl (C=O) groups excluding carboxylic acids is 2. The van der Waals surface area contributed by atoms with Crippen molar-refractivity contribution in [2.75, 3.05) is 19.4 Å². The van der Waals surface area contributed by atoms with Crippen LogP contribution in [0.15, 0.2) is 23.2 Å². The van der Waals surface area contributed by atoms with Crippen molar-refractivity contribution in [3.63, 3.8) is 0 Å². The maximum atomic E-state index is 12.6. The van der Waals surface area contributed by atoms with E-state index in [-0.39, 0.29) is 24.5 Å². The number of nitrogens with one attached hydrogen (secondary N) is 1. The number of nitriles is 1. The van der Waals surface area contributed by atoms with Gasteiger partial charge in [0.25, 0.3) is 11.8 Å². The summed E-state index contributed by atoms with van der Waals surface area (Å²) in [5.74, 6) is -0.609. The SMILES string of the molecule is CSC(=Nc1ccc2c(c1)C(=O)N(CC1CCCO1)C2=O)NC#N. The van der Waals surface area contributed by atoms with Gasteiger partial charge in [0.2, 0.25) is 0 Å². The number of aliphatic imine (C=N–C) groups is 1. The molecule has 2 aliphatic rings. The fourth-order valence-corrected chi connectivity index (χ4v) is 3.14. The zero-order valence-corrected chi connectivity index (χ0v) is 13.9. The summed E-state index contributed by atoms with van der Waals surface area (Å²) in [4.78, 5) is 30.5. The van der Waals surface area contributed by atoms with E-state index in [4.69, 9.17) is 10.00 Å². The summed E-state index contributed by atoms with van der Waals surface area (Å²) in [6, 6.07) is 4.85. The van der Waals surface area contributed by atoms with E-state index in [0.717, 1.165) is 12.8 Å². The molecule has 0 bridgehead atoms. The van der Waals surface area contributed by atoms with Crippen LogP contribution in [0, 0.1) is 11.5 Å². The number of imide groups is 1. The first-order chi connectivity index (χ1) is 11.6. The van der Waals surface area contributed by atoms with Crippen molar-refractivity contribution >= 4 is 34.4 Å². The van der Waals surface area contributed by atoms with Gasteiger partial charge in [0.05, 0.1) is 29.5 Å². The van der Waals surface area contributed by atoms with Crippen LogP contribution < -0.4 is 5.32 Å². The van der Waals surface area contributed by atoms with Crippen molar-refractivity contribution in [3.05, 3.63) is 29.3 Å².